The zero-order chi connectivity index (χ0) is 15.1. The Morgan fingerprint density at radius 2 is 1.67 bits per heavy atom. The van der Waals surface area contributed by atoms with Crippen LogP contribution >= 0.6 is 0 Å². The molecule has 2 aromatic rings. The number of benzene rings is 2. The van der Waals surface area contributed by atoms with E-state index in [1.807, 2.05) is 0 Å². The van der Waals surface area contributed by atoms with Gasteiger partial charge in [0.25, 0.3) is 17.5 Å². The first kappa shape index (κ1) is 12.8. The predicted octanol–water partition coefficient (Wildman–Crippen LogP) is 2.10. The van der Waals surface area contributed by atoms with Crippen molar-refractivity contribution in [2.45, 2.75) is 0 Å². The number of nitro benzene ring substituents is 1. The molecule has 7 nitrogen and oxygen atoms in total. The van der Waals surface area contributed by atoms with E-state index in [0.717, 1.165) is 11.0 Å². The fourth-order valence-electron chi connectivity index (χ4n) is 2.21. The lowest BCUT2D eigenvalue weighted by Crippen LogP contribution is -2.29. The summed E-state index contributed by atoms with van der Waals surface area (Å²) in [7, 11) is 0. The lowest BCUT2D eigenvalue weighted by atomic mass is 10.1. The summed E-state index contributed by atoms with van der Waals surface area (Å²) in [5.41, 5.74) is -0.188. The first-order valence-corrected chi connectivity index (χ1v) is 5.96. The van der Waals surface area contributed by atoms with E-state index in [1.54, 1.807) is 12.1 Å². The summed E-state index contributed by atoms with van der Waals surface area (Å²) in [6.45, 7) is 0. The minimum absolute atomic E-state index is 0.0440. The molecule has 0 radical (unpaired) electrons. The van der Waals surface area contributed by atoms with Crippen LogP contribution in [0.2, 0.25) is 0 Å². The van der Waals surface area contributed by atoms with Crippen molar-refractivity contribution in [3.8, 4) is 5.75 Å². The van der Waals surface area contributed by atoms with E-state index in [0.29, 0.717) is 0 Å². The van der Waals surface area contributed by atoms with Gasteiger partial charge in [-0.25, -0.2) is 4.90 Å². The van der Waals surface area contributed by atoms with Crippen molar-refractivity contribution in [1.82, 2.24) is 0 Å². The molecule has 0 saturated heterocycles. The Labute approximate surface area is 118 Å². The third-order valence-electron chi connectivity index (χ3n) is 3.20. The number of fused-ring (bicyclic) bond motifs is 1. The highest BCUT2D eigenvalue weighted by Crippen LogP contribution is 2.34. The molecule has 0 unspecified atom stereocenters. The maximum absolute atomic E-state index is 12.3. The molecule has 0 spiro atoms. The molecule has 0 aromatic heterocycles. The number of imide groups is 1. The molecule has 0 aliphatic carbocycles. The Kier molecular flexibility index (Phi) is 2.69. The van der Waals surface area contributed by atoms with Gasteiger partial charge in [0.15, 0.2) is 0 Å². The summed E-state index contributed by atoms with van der Waals surface area (Å²) in [6.07, 6.45) is 0. The van der Waals surface area contributed by atoms with Crippen LogP contribution in [0.4, 0.5) is 11.4 Å². The largest absolute Gasteiger partial charge is 0.506 e. The highest BCUT2D eigenvalue weighted by molar-refractivity contribution is 6.35. The zero-order valence-corrected chi connectivity index (χ0v) is 10.5. The van der Waals surface area contributed by atoms with Crippen LogP contribution < -0.4 is 4.90 Å². The van der Waals surface area contributed by atoms with Crippen molar-refractivity contribution in [3.63, 3.8) is 0 Å². The van der Waals surface area contributed by atoms with E-state index in [9.17, 15) is 24.8 Å². The summed E-state index contributed by atoms with van der Waals surface area (Å²) in [6, 6.07) is 9.37. The van der Waals surface area contributed by atoms with Crippen LogP contribution in [0.3, 0.4) is 0 Å². The number of aromatic hydroxyl groups is 1. The maximum Gasteiger partial charge on any atom is 0.270 e. The number of carbonyl (C=O) groups is 2. The van der Waals surface area contributed by atoms with Gasteiger partial charge >= 0.3 is 0 Å². The van der Waals surface area contributed by atoms with E-state index in [4.69, 9.17) is 0 Å². The SMILES string of the molecule is O=C1c2ccc([N+](=O)[O-])cc2C(=O)N1c1ccccc1O. The lowest BCUT2D eigenvalue weighted by molar-refractivity contribution is -0.384. The minimum Gasteiger partial charge on any atom is -0.506 e. The molecule has 2 amide bonds. The first-order valence-electron chi connectivity index (χ1n) is 5.96. The minimum atomic E-state index is -0.694. The summed E-state index contributed by atoms with van der Waals surface area (Å²) in [4.78, 5) is 35.5. The summed E-state index contributed by atoms with van der Waals surface area (Å²) in [5, 5.41) is 20.5. The van der Waals surface area contributed by atoms with E-state index in [2.05, 4.69) is 0 Å². The van der Waals surface area contributed by atoms with Gasteiger partial charge in [-0.1, -0.05) is 12.1 Å². The average Bonchev–Trinajstić information content (AvgIpc) is 2.71. The molecule has 0 saturated carbocycles. The standard InChI is InChI=1S/C14H8N2O5/c17-12-4-2-1-3-11(12)15-13(18)9-6-5-8(16(20)21)7-10(9)14(15)19/h1-7,17H. The van der Waals surface area contributed by atoms with Crippen LogP contribution in [0, 0.1) is 10.1 Å². The Balaban J connectivity index is 2.13. The van der Waals surface area contributed by atoms with Crippen LogP contribution in [0.5, 0.6) is 5.75 Å². The molecule has 0 atom stereocenters. The fraction of sp³-hybridized carbons (Fsp3) is 0. The molecular weight excluding hydrogens is 276 g/mol. The number of carbonyl (C=O) groups excluding carboxylic acids is 2. The Morgan fingerprint density at radius 3 is 2.33 bits per heavy atom. The Bertz CT molecular complexity index is 800. The van der Waals surface area contributed by atoms with Crippen LogP contribution in [0.15, 0.2) is 42.5 Å². The molecule has 3 rings (SSSR count). The molecule has 1 N–H and O–H groups in total. The highest BCUT2D eigenvalue weighted by Gasteiger charge is 2.38. The topological polar surface area (TPSA) is 101 Å². The quantitative estimate of drug-likeness (QED) is 0.517. The van der Waals surface area contributed by atoms with Crippen molar-refractivity contribution >= 4 is 23.2 Å². The molecule has 0 fully saturated rings. The van der Waals surface area contributed by atoms with Gasteiger partial charge in [-0.2, -0.15) is 0 Å². The molecule has 1 heterocycles. The Hall–Kier alpha value is -3.22. The molecule has 7 heteroatoms. The van der Waals surface area contributed by atoms with E-state index >= 15 is 0 Å². The van der Waals surface area contributed by atoms with Gasteiger partial charge in [0.2, 0.25) is 0 Å². The molecular formula is C14H8N2O5. The number of hydrogen-bond donors (Lipinski definition) is 1. The number of phenols is 1. The molecule has 0 bridgehead atoms. The molecule has 1 aliphatic rings. The second-order valence-electron chi connectivity index (χ2n) is 4.42. The third kappa shape index (κ3) is 1.83. The fourth-order valence-corrected chi connectivity index (χ4v) is 2.21. The number of rotatable bonds is 2. The van der Waals surface area contributed by atoms with E-state index in [-0.39, 0.29) is 28.3 Å². The molecule has 104 valence electrons. The number of hydrogen-bond acceptors (Lipinski definition) is 5. The normalized spacial score (nSPS) is 13.4. The number of anilines is 1. The molecule has 21 heavy (non-hydrogen) atoms. The predicted molar refractivity (Wildman–Crippen MR) is 72.3 cm³/mol. The summed E-state index contributed by atoms with van der Waals surface area (Å²) < 4.78 is 0. The van der Waals surface area contributed by atoms with Gasteiger partial charge in [0.05, 0.1) is 21.7 Å². The monoisotopic (exact) mass is 284 g/mol. The zero-order valence-electron chi connectivity index (χ0n) is 10.5. The highest BCUT2D eigenvalue weighted by atomic mass is 16.6. The second-order valence-corrected chi connectivity index (χ2v) is 4.42. The first-order chi connectivity index (χ1) is 10.0. The third-order valence-corrected chi connectivity index (χ3v) is 3.20. The average molecular weight is 284 g/mol. The van der Waals surface area contributed by atoms with Crippen molar-refractivity contribution in [3.05, 3.63) is 63.7 Å². The van der Waals surface area contributed by atoms with Gasteiger partial charge in [0.1, 0.15) is 5.75 Å². The van der Waals surface area contributed by atoms with Gasteiger partial charge in [-0.05, 0) is 18.2 Å². The van der Waals surface area contributed by atoms with Crippen LogP contribution in [-0.2, 0) is 0 Å². The molecule has 2 aromatic carbocycles. The summed E-state index contributed by atoms with van der Waals surface area (Å²) >= 11 is 0. The smallest absolute Gasteiger partial charge is 0.270 e. The second kappa shape index (κ2) is 4.41. The van der Waals surface area contributed by atoms with Gasteiger partial charge in [0, 0.05) is 12.1 Å². The number of nitrogens with zero attached hydrogens (tertiary/aromatic N) is 2. The number of non-ortho nitro benzene ring substituents is 1. The van der Waals surface area contributed by atoms with Gasteiger partial charge < -0.3 is 5.11 Å². The number of para-hydroxylation sites is 2. The number of nitro groups is 1. The lowest BCUT2D eigenvalue weighted by Gasteiger charge is -2.14. The van der Waals surface area contributed by atoms with Crippen LogP contribution in [-0.4, -0.2) is 21.8 Å². The molecule has 1 aliphatic heterocycles. The van der Waals surface area contributed by atoms with Crippen LogP contribution in [0.1, 0.15) is 20.7 Å². The van der Waals surface area contributed by atoms with Crippen molar-refractivity contribution < 1.29 is 19.6 Å². The van der Waals surface area contributed by atoms with Crippen molar-refractivity contribution in [1.29, 1.82) is 0 Å². The maximum atomic E-state index is 12.3. The van der Waals surface area contributed by atoms with E-state index in [1.165, 1.54) is 24.3 Å². The summed E-state index contributed by atoms with van der Waals surface area (Å²) in [5.74, 6) is -1.53. The van der Waals surface area contributed by atoms with Crippen LogP contribution in [0.25, 0.3) is 0 Å². The van der Waals surface area contributed by atoms with Gasteiger partial charge in [-0.3, -0.25) is 19.7 Å². The number of amides is 2. The number of phenolic OH excluding ortho intramolecular Hbond substituents is 1. The Morgan fingerprint density at radius 1 is 1.00 bits per heavy atom. The van der Waals surface area contributed by atoms with E-state index < -0.39 is 16.7 Å². The van der Waals surface area contributed by atoms with Crippen molar-refractivity contribution in [2.75, 3.05) is 4.90 Å². The van der Waals surface area contributed by atoms with Crippen molar-refractivity contribution in [2.24, 2.45) is 0 Å². The van der Waals surface area contributed by atoms with Gasteiger partial charge in [-0.15, -0.1) is 0 Å².